The van der Waals surface area contributed by atoms with Crippen LogP contribution in [0.15, 0.2) is 46.4 Å². The first-order valence-electron chi connectivity index (χ1n) is 9.87. The maximum absolute atomic E-state index is 11.3. The SMILES string of the molecule is CC(C)N(CCc1csc(SC(C)(C)C(=O)O)n1)c1ncc(-c2ccc(Cl)cc2)cn1. The molecule has 2 aromatic heterocycles. The number of rotatable bonds is 9. The number of thiazole rings is 1. The van der Waals surface area contributed by atoms with E-state index in [1.165, 1.54) is 23.1 Å². The van der Waals surface area contributed by atoms with E-state index in [0.29, 0.717) is 17.5 Å². The Kier molecular flexibility index (Phi) is 7.56. The molecule has 3 aromatic rings. The van der Waals surface area contributed by atoms with Crippen LogP contribution in [0.2, 0.25) is 5.02 Å². The van der Waals surface area contributed by atoms with Crippen LogP contribution in [0, 0.1) is 0 Å². The number of halogens is 1. The van der Waals surface area contributed by atoms with E-state index >= 15 is 0 Å². The molecule has 0 amide bonds. The number of nitrogens with zero attached hydrogens (tertiary/aromatic N) is 4. The summed E-state index contributed by atoms with van der Waals surface area (Å²) in [6.07, 6.45) is 4.38. The van der Waals surface area contributed by atoms with Gasteiger partial charge in [0.2, 0.25) is 5.95 Å². The number of carbonyl (C=O) groups is 1. The molecule has 0 saturated heterocycles. The van der Waals surface area contributed by atoms with Crippen LogP contribution in [0.1, 0.15) is 33.4 Å². The smallest absolute Gasteiger partial charge is 0.319 e. The fourth-order valence-corrected chi connectivity index (χ4v) is 5.15. The van der Waals surface area contributed by atoms with Gasteiger partial charge >= 0.3 is 5.97 Å². The highest BCUT2D eigenvalue weighted by Crippen LogP contribution is 2.34. The van der Waals surface area contributed by atoms with Crippen molar-refractivity contribution in [2.45, 2.75) is 49.2 Å². The van der Waals surface area contributed by atoms with E-state index in [2.05, 4.69) is 33.7 Å². The van der Waals surface area contributed by atoms with Gasteiger partial charge in [-0.3, -0.25) is 4.79 Å². The first kappa shape index (κ1) is 23.5. The molecule has 0 aliphatic rings. The van der Waals surface area contributed by atoms with Crippen LogP contribution in [0.25, 0.3) is 11.1 Å². The summed E-state index contributed by atoms with van der Waals surface area (Å²) in [4.78, 5) is 27.2. The minimum absolute atomic E-state index is 0.222. The summed E-state index contributed by atoms with van der Waals surface area (Å²) >= 11 is 8.72. The van der Waals surface area contributed by atoms with E-state index < -0.39 is 10.7 Å². The fraction of sp³-hybridized carbons (Fsp3) is 0.364. The molecule has 1 aromatic carbocycles. The molecule has 0 fully saturated rings. The summed E-state index contributed by atoms with van der Waals surface area (Å²) in [7, 11) is 0. The molecule has 0 bridgehead atoms. The number of aromatic nitrogens is 3. The van der Waals surface area contributed by atoms with E-state index in [-0.39, 0.29) is 6.04 Å². The lowest BCUT2D eigenvalue weighted by Crippen LogP contribution is -2.34. The molecule has 1 N–H and O–H groups in total. The average Bonchev–Trinajstić information content (AvgIpc) is 3.15. The third kappa shape index (κ3) is 6.18. The van der Waals surface area contributed by atoms with Crippen molar-refractivity contribution in [1.29, 1.82) is 0 Å². The van der Waals surface area contributed by atoms with Crippen molar-refractivity contribution >= 4 is 46.6 Å². The molecule has 9 heteroatoms. The van der Waals surface area contributed by atoms with Crippen LogP contribution in [0.5, 0.6) is 0 Å². The topological polar surface area (TPSA) is 79.2 Å². The molecule has 0 radical (unpaired) electrons. The third-order valence-electron chi connectivity index (χ3n) is 4.69. The lowest BCUT2D eigenvalue weighted by molar-refractivity contribution is -0.138. The van der Waals surface area contributed by atoms with Crippen LogP contribution in [-0.2, 0) is 11.2 Å². The number of carboxylic acids is 1. The van der Waals surface area contributed by atoms with Crippen LogP contribution in [0.4, 0.5) is 5.95 Å². The quantitative estimate of drug-likeness (QED) is 0.399. The average molecular weight is 477 g/mol. The van der Waals surface area contributed by atoms with Crippen LogP contribution in [-0.4, -0.2) is 43.4 Å². The summed E-state index contributed by atoms with van der Waals surface area (Å²) in [5.74, 6) is -0.177. The third-order valence-corrected chi connectivity index (χ3v) is 7.12. The molecule has 31 heavy (non-hydrogen) atoms. The number of hydrogen-bond acceptors (Lipinski definition) is 7. The molecular weight excluding hydrogens is 452 g/mol. The van der Waals surface area contributed by atoms with Gasteiger partial charge in [-0.25, -0.2) is 15.0 Å². The number of hydrogen-bond donors (Lipinski definition) is 1. The highest BCUT2D eigenvalue weighted by atomic mass is 35.5. The lowest BCUT2D eigenvalue weighted by Gasteiger charge is -2.26. The van der Waals surface area contributed by atoms with E-state index in [1.54, 1.807) is 13.8 Å². The Bertz CT molecular complexity index is 1020. The standard InChI is InChI=1S/C22H25ClN4O2S2/c1-14(2)27(10-9-18-13-30-21(26-18)31-22(3,4)19(28)29)20-24-11-16(12-25-20)15-5-7-17(23)8-6-15/h5-8,11-14H,9-10H2,1-4H3,(H,28,29). The predicted molar refractivity (Wildman–Crippen MR) is 128 cm³/mol. The fourth-order valence-electron chi connectivity index (χ4n) is 2.80. The number of thioether (sulfide) groups is 1. The van der Waals surface area contributed by atoms with Crippen molar-refractivity contribution in [2.24, 2.45) is 0 Å². The second kappa shape index (κ2) is 9.97. The van der Waals surface area contributed by atoms with Crippen LogP contribution in [0.3, 0.4) is 0 Å². The zero-order valence-electron chi connectivity index (χ0n) is 17.9. The molecule has 0 spiro atoms. The Labute approximate surface area is 195 Å². The molecule has 164 valence electrons. The van der Waals surface area contributed by atoms with Crippen molar-refractivity contribution in [3.05, 3.63) is 52.8 Å². The molecule has 3 rings (SSSR count). The Morgan fingerprint density at radius 1 is 1.19 bits per heavy atom. The number of benzene rings is 1. The minimum atomic E-state index is -0.904. The van der Waals surface area contributed by atoms with Gasteiger partial charge in [-0.05, 0) is 45.4 Å². The Morgan fingerprint density at radius 2 is 1.84 bits per heavy atom. The summed E-state index contributed by atoms with van der Waals surface area (Å²) < 4.78 is -0.138. The van der Waals surface area contributed by atoms with Crippen molar-refractivity contribution in [3.63, 3.8) is 0 Å². The highest BCUT2D eigenvalue weighted by molar-refractivity contribution is 8.02. The van der Waals surface area contributed by atoms with Crippen molar-refractivity contribution in [1.82, 2.24) is 15.0 Å². The molecular formula is C22H25ClN4O2S2. The van der Waals surface area contributed by atoms with Crippen LogP contribution < -0.4 is 4.90 Å². The first-order valence-corrected chi connectivity index (χ1v) is 11.9. The van der Waals surface area contributed by atoms with Crippen LogP contribution >= 0.6 is 34.7 Å². The summed E-state index contributed by atoms with van der Waals surface area (Å²) in [5.41, 5.74) is 2.90. The predicted octanol–water partition coefficient (Wildman–Crippen LogP) is 5.67. The normalized spacial score (nSPS) is 11.7. The van der Waals surface area contributed by atoms with Gasteiger partial charge in [-0.2, -0.15) is 0 Å². The summed E-state index contributed by atoms with van der Waals surface area (Å²) in [6.45, 7) is 8.30. The monoisotopic (exact) mass is 476 g/mol. The van der Waals surface area contributed by atoms with Crippen molar-refractivity contribution in [3.8, 4) is 11.1 Å². The molecule has 2 heterocycles. The van der Waals surface area contributed by atoms with Crippen molar-refractivity contribution < 1.29 is 9.90 Å². The number of anilines is 1. The first-order chi connectivity index (χ1) is 14.7. The van der Waals surface area contributed by atoms with Crippen molar-refractivity contribution in [2.75, 3.05) is 11.4 Å². The molecule has 0 saturated carbocycles. The molecule has 0 aliphatic carbocycles. The van der Waals surface area contributed by atoms with Gasteiger partial charge in [0.25, 0.3) is 0 Å². The number of carboxylic acid groups (broad SMARTS) is 1. The molecule has 0 atom stereocenters. The zero-order valence-corrected chi connectivity index (χ0v) is 20.3. The molecule has 0 aliphatic heterocycles. The Balaban J connectivity index is 1.67. The maximum Gasteiger partial charge on any atom is 0.319 e. The van der Waals surface area contributed by atoms with Gasteiger partial charge in [0.15, 0.2) is 4.34 Å². The Hall–Kier alpha value is -2.16. The van der Waals surface area contributed by atoms with Gasteiger partial charge < -0.3 is 10.0 Å². The van der Waals surface area contributed by atoms with Gasteiger partial charge in [0, 0.05) is 47.4 Å². The summed E-state index contributed by atoms with van der Waals surface area (Å²) in [6, 6.07) is 7.82. The highest BCUT2D eigenvalue weighted by Gasteiger charge is 2.29. The van der Waals surface area contributed by atoms with Gasteiger partial charge in [0.05, 0.1) is 5.69 Å². The lowest BCUT2D eigenvalue weighted by atomic mass is 10.1. The Morgan fingerprint density at radius 3 is 2.42 bits per heavy atom. The van der Waals surface area contributed by atoms with Gasteiger partial charge in [0.1, 0.15) is 4.75 Å². The molecule has 0 unspecified atom stereocenters. The molecule has 6 nitrogen and oxygen atoms in total. The second-order valence-corrected chi connectivity index (χ2v) is 11.0. The largest absolute Gasteiger partial charge is 0.480 e. The maximum atomic E-state index is 11.3. The zero-order chi connectivity index (χ0) is 22.6. The van der Waals surface area contributed by atoms with E-state index in [0.717, 1.165) is 27.6 Å². The summed E-state index contributed by atoms with van der Waals surface area (Å²) in [5, 5.41) is 12.0. The van der Waals surface area contributed by atoms with Gasteiger partial charge in [-0.15, -0.1) is 11.3 Å². The second-order valence-electron chi connectivity index (χ2n) is 7.84. The van der Waals surface area contributed by atoms with E-state index in [9.17, 15) is 9.90 Å². The minimum Gasteiger partial charge on any atom is -0.480 e. The van der Waals surface area contributed by atoms with E-state index in [1.807, 2.05) is 42.0 Å². The van der Waals surface area contributed by atoms with Gasteiger partial charge in [-0.1, -0.05) is 35.5 Å². The van der Waals surface area contributed by atoms with E-state index in [4.69, 9.17) is 11.6 Å². The number of aliphatic carboxylic acids is 1.